The van der Waals surface area contributed by atoms with Crippen molar-refractivity contribution in [3.05, 3.63) is 0 Å². The number of carbonyl (C=O) groups is 2. The molecule has 100 valence electrons. The van der Waals surface area contributed by atoms with Crippen LogP contribution in [0.25, 0.3) is 0 Å². The van der Waals surface area contributed by atoms with E-state index in [2.05, 4.69) is 5.32 Å². The van der Waals surface area contributed by atoms with E-state index in [4.69, 9.17) is 9.84 Å². The fourth-order valence-corrected chi connectivity index (χ4v) is 1.93. The molecule has 0 aliphatic rings. The molecular weight excluding hydrogens is 246 g/mol. The average Bonchev–Trinajstić information content (AvgIpc) is 2.25. The number of hydrogen-bond donors (Lipinski definition) is 3. The molecular formula is C10H19NO5S. The second-order valence-electron chi connectivity index (χ2n) is 3.75. The molecule has 3 N–H and O–H groups in total. The minimum Gasteiger partial charge on any atom is -0.480 e. The maximum atomic E-state index is 10.7. The van der Waals surface area contributed by atoms with Gasteiger partial charge in [-0.2, -0.15) is 11.8 Å². The van der Waals surface area contributed by atoms with E-state index < -0.39 is 18.1 Å². The molecule has 0 spiro atoms. The molecule has 7 heteroatoms. The van der Waals surface area contributed by atoms with Gasteiger partial charge in [0.2, 0.25) is 6.41 Å². The molecule has 0 radical (unpaired) electrons. The number of carboxylic acid groups (broad SMARTS) is 1. The van der Waals surface area contributed by atoms with Crippen molar-refractivity contribution in [1.82, 2.24) is 5.32 Å². The summed E-state index contributed by atoms with van der Waals surface area (Å²) in [5, 5.41) is 20.4. The van der Waals surface area contributed by atoms with Gasteiger partial charge >= 0.3 is 5.97 Å². The lowest BCUT2D eigenvalue weighted by molar-refractivity contribution is -0.139. The van der Waals surface area contributed by atoms with E-state index in [0.29, 0.717) is 12.2 Å². The molecule has 0 aromatic carbocycles. The molecule has 0 aliphatic carbocycles. The Kier molecular flexibility index (Phi) is 8.83. The quantitative estimate of drug-likeness (QED) is 0.470. The van der Waals surface area contributed by atoms with Crippen LogP contribution in [0.1, 0.15) is 13.8 Å². The summed E-state index contributed by atoms with van der Waals surface area (Å²) in [5.74, 6) is -0.498. The zero-order valence-corrected chi connectivity index (χ0v) is 10.8. The van der Waals surface area contributed by atoms with Crippen LogP contribution in [0.2, 0.25) is 0 Å². The molecule has 1 amide bonds. The summed E-state index contributed by atoms with van der Waals surface area (Å²) in [6.07, 6.45) is -0.219. The van der Waals surface area contributed by atoms with E-state index >= 15 is 0 Å². The molecule has 0 aromatic heterocycles. The SMILES string of the molecule is CC(C)OCC(O)CSCC(NC=O)C(=O)O. The Hall–Kier alpha value is -0.790. The predicted octanol–water partition coefficient (Wildman–Crippen LogP) is -0.295. The number of amides is 1. The Labute approximate surface area is 105 Å². The first kappa shape index (κ1) is 16.2. The van der Waals surface area contributed by atoms with E-state index in [0.717, 1.165) is 0 Å². The first-order chi connectivity index (χ1) is 7.97. The number of rotatable bonds is 10. The summed E-state index contributed by atoms with van der Waals surface area (Å²) >= 11 is 1.26. The third kappa shape index (κ3) is 8.96. The molecule has 0 aliphatic heterocycles. The van der Waals surface area contributed by atoms with Gasteiger partial charge in [-0.1, -0.05) is 0 Å². The topological polar surface area (TPSA) is 95.9 Å². The van der Waals surface area contributed by atoms with Gasteiger partial charge in [0, 0.05) is 11.5 Å². The van der Waals surface area contributed by atoms with Crippen molar-refractivity contribution in [2.45, 2.75) is 32.1 Å². The van der Waals surface area contributed by atoms with E-state index in [1.807, 2.05) is 13.8 Å². The third-order valence-electron chi connectivity index (χ3n) is 1.78. The van der Waals surface area contributed by atoms with Crippen LogP contribution in [0.15, 0.2) is 0 Å². The molecule has 0 rings (SSSR count). The van der Waals surface area contributed by atoms with Crippen molar-refractivity contribution in [3.8, 4) is 0 Å². The number of nitrogens with one attached hydrogen (secondary N) is 1. The molecule has 0 heterocycles. The first-order valence-electron chi connectivity index (χ1n) is 5.27. The Balaban J connectivity index is 3.72. The first-order valence-corrected chi connectivity index (χ1v) is 6.42. The number of aliphatic hydroxyl groups excluding tert-OH is 1. The van der Waals surface area contributed by atoms with Gasteiger partial charge in [0.25, 0.3) is 0 Å². The smallest absolute Gasteiger partial charge is 0.327 e. The van der Waals surface area contributed by atoms with Crippen molar-refractivity contribution in [2.75, 3.05) is 18.1 Å². The Bertz CT molecular complexity index is 237. The zero-order chi connectivity index (χ0) is 13.3. The summed E-state index contributed by atoms with van der Waals surface area (Å²) < 4.78 is 5.20. The highest BCUT2D eigenvalue weighted by atomic mass is 32.2. The number of hydrogen-bond acceptors (Lipinski definition) is 5. The van der Waals surface area contributed by atoms with Crippen LogP contribution in [-0.2, 0) is 14.3 Å². The molecule has 6 nitrogen and oxygen atoms in total. The monoisotopic (exact) mass is 265 g/mol. The van der Waals surface area contributed by atoms with Gasteiger partial charge in [-0.3, -0.25) is 4.79 Å². The van der Waals surface area contributed by atoms with Gasteiger partial charge < -0.3 is 20.3 Å². The van der Waals surface area contributed by atoms with Crippen LogP contribution in [0.5, 0.6) is 0 Å². The Morgan fingerprint density at radius 1 is 1.47 bits per heavy atom. The molecule has 0 fully saturated rings. The molecule has 0 saturated heterocycles. The zero-order valence-electron chi connectivity index (χ0n) is 9.96. The minimum atomic E-state index is -1.09. The van der Waals surface area contributed by atoms with Gasteiger partial charge in [-0.15, -0.1) is 0 Å². The van der Waals surface area contributed by atoms with Crippen LogP contribution in [0.4, 0.5) is 0 Å². The summed E-state index contributed by atoms with van der Waals surface area (Å²) in [7, 11) is 0. The number of ether oxygens (including phenoxy) is 1. The largest absolute Gasteiger partial charge is 0.480 e. The minimum absolute atomic E-state index is 0.0538. The fourth-order valence-electron chi connectivity index (χ4n) is 0.946. The summed E-state index contributed by atoms with van der Waals surface area (Å²) in [6, 6.07) is -0.921. The van der Waals surface area contributed by atoms with E-state index in [1.165, 1.54) is 11.8 Å². The van der Waals surface area contributed by atoms with Crippen LogP contribution in [0.3, 0.4) is 0 Å². The number of thioether (sulfide) groups is 1. The van der Waals surface area contributed by atoms with Crippen LogP contribution >= 0.6 is 11.8 Å². The summed E-state index contributed by atoms with van der Waals surface area (Å²) in [5.41, 5.74) is 0. The number of aliphatic carboxylic acids is 1. The van der Waals surface area contributed by atoms with Gasteiger partial charge in [0.1, 0.15) is 6.04 Å². The molecule has 0 bridgehead atoms. The Morgan fingerprint density at radius 2 is 2.12 bits per heavy atom. The lowest BCUT2D eigenvalue weighted by Gasteiger charge is -2.15. The highest BCUT2D eigenvalue weighted by Crippen LogP contribution is 2.06. The van der Waals surface area contributed by atoms with Crippen molar-refractivity contribution >= 4 is 24.1 Å². The lowest BCUT2D eigenvalue weighted by Crippen LogP contribution is -2.38. The second kappa shape index (κ2) is 9.26. The van der Waals surface area contributed by atoms with Crippen LogP contribution < -0.4 is 5.32 Å². The molecule has 0 aromatic rings. The van der Waals surface area contributed by atoms with Crippen molar-refractivity contribution < 1.29 is 24.5 Å². The van der Waals surface area contributed by atoms with E-state index in [-0.39, 0.29) is 18.5 Å². The molecule has 17 heavy (non-hydrogen) atoms. The lowest BCUT2D eigenvalue weighted by atomic mass is 10.3. The molecule has 2 atom stereocenters. The van der Waals surface area contributed by atoms with E-state index in [9.17, 15) is 14.7 Å². The van der Waals surface area contributed by atoms with Crippen molar-refractivity contribution in [1.29, 1.82) is 0 Å². The maximum absolute atomic E-state index is 10.7. The predicted molar refractivity (Wildman–Crippen MR) is 65.0 cm³/mol. The van der Waals surface area contributed by atoms with Gasteiger partial charge in [-0.25, -0.2) is 4.79 Å². The van der Waals surface area contributed by atoms with Crippen LogP contribution in [0, 0.1) is 0 Å². The van der Waals surface area contributed by atoms with Crippen LogP contribution in [-0.4, -0.2) is 59.0 Å². The van der Waals surface area contributed by atoms with Gasteiger partial charge in [0.15, 0.2) is 0 Å². The highest BCUT2D eigenvalue weighted by Gasteiger charge is 2.16. The van der Waals surface area contributed by atoms with Crippen molar-refractivity contribution in [2.24, 2.45) is 0 Å². The number of carboxylic acids is 1. The molecule has 2 unspecified atom stereocenters. The maximum Gasteiger partial charge on any atom is 0.327 e. The van der Waals surface area contributed by atoms with Gasteiger partial charge in [0.05, 0.1) is 18.8 Å². The molecule has 0 saturated carbocycles. The number of aliphatic hydroxyl groups is 1. The van der Waals surface area contributed by atoms with Crippen molar-refractivity contribution in [3.63, 3.8) is 0 Å². The fraction of sp³-hybridized carbons (Fsp3) is 0.800. The standard InChI is InChI=1S/C10H19NO5S/c1-7(2)16-3-8(13)4-17-5-9(10(14)15)11-6-12/h6-9,13H,3-5H2,1-2H3,(H,11,12)(H,14,15). The van der Waals surface area contributed by atoms with Gasteiger partial charge in [-0.05, 0) is 13.8 Å². The second-order valence-corrected chi connectivity index (χ2v) is 4.82. The summed E-state index contributed by atoms with van der Waals surface area (Å²) in [6.45, 7) is 3.96. The number of carbonyl (C=O) groups excluding carboxylic acids is 1. The third-order valence-corrected chi connectivity index (χ3v) is 2.97. The van der Waals surface area contributed by atoms with E-state index in [1.54, 1.807) is 0 Å². The summed E-state index contributed by atoms with van der Waals surface area (Å²) in [4.78, 5) is 20.8. The Morgan fingerprint density at radius 3 is 2.59 bits per heavy atom. The normalized spacial score (nSPS) is 14.4. The average molecular weight is 265 g/mol. The highest BCUT2D eigenvalue weighted by molar-refractivity contribution is 7.99.